The van der Waals surface area contributed by atoms with Gasteiger partial charge in [0.1, 0.15) is 5.69 Å². The van der Waals surface area contributed by atoms with Gasteiger partial charge >= 0.3 is 0 Å². The molecule has 9 nitrogen and oxygen atoms in total. The van der Waals surface area contributed by atoms with Gasteiger partial charge < -0.3 is 9.88 Å². The first-order chi connectivity index (χ1) is 11.6. The van der Waals surface area contributed by atoms with Crippen LogP contribution in [0.4, 0.5) is 0 Å². The largest absolute Gasteiger partial charge is 0.340 e. The highest BCUT2D eigenvalue weighted by Crippen LogP contribution is 2.11. The summed E-state index contributed by atoms with van der Waals surface area (Å²) >= 11 is 0. The van der Waals surface area contributed by atoms with E-state index in [1.807, 2.05) is 0 Å². The van der Waals surface area contributed by atoms with Gasteiger partial charge in [0.15, 0.2) is 0 Å². The maximum atomic E-state index is 12.3. The molecule has 0 unspecified atom stereocenters. The van der Waals surface area contributed by atoms with Crippen molar-refractivity contribution in [2.75, 3.05) is 7.05 Å². The summed E-state index contributed by atoms with van der Waals surface area (Å²) in [5, 5.41) is 13.5. The van der Waals surface area contributed by atoms with Gasteiger partial charge in [-0.25, -0.2) is 0 Å². The lowest BCUT2D eigenvalue weighted by Gasteiger charge is -2.17. The smallest absolute Gasteiger partial charge is 0.248 e. The van der Waals surface area contributed by atoms with Gasteiger partial charge in [0, 0.05) is 25.0 Å². The molecule has 0 saturated heterocycles. The minimum atomic E-state index is -0.186. The first-order valence-electron chi connectivity index (χ1n) is 7.23. The SMILES string of the molecule is CN(Cc1cccc(=O)[nH]1)C(=O)Cc1ccc(-c2nn[nH]n2)nc1. The Balaban J connectivity index is 1.62. The predicted octanol–water partition coefficient (Wildman–Crippen LogP) is 0.151. The van der Waals surface area contributed by atoms with E-state index in [1.165, 1.54) is 6.07 Å². The van der Waals surface area contributed by atoms with Gasteiger partial charge in [0.25, 0.3) is 0 Å². The fraction of sp³-hybridized carbons (Fsp3) is 0.200. The summed E-state index contributed by atoms with van der Waals surface area (Å²) in [6.07, 6.45) is 1.83. The molecule has 0 spiro atoms. The lowest BCUT2D eigenvalue weighted by molar-refractivity contribution is -0.129. The Hall–Kier alpha value is -3.36. The number of nitrogens with zero attached hydrogens (tertiary/aromatic N) is 5. The van der Waals surface area contributed by atoms with Gasteiger partial charge in [-0.2, -0.15) is 5.21 Å². The first-order valence-corrected chi connectivity index (χ1v) is 7.23. The van der Waals surface area contributed by atoms with Gasteiger partial charge in [0.2, 0.25) is 17.3 Å². The van der Waals surface area contributed by atoms with E-state index in [4.69, 9.17) is 0 Å². The van der Waals surface area contributed by atoms with Gasteiger partial charge in [-0.3, -0.25) is 14.6 Å². The summed E-state index contributed by atoms with van der Waals surface area (Å²) in [6.45, 7) is 0.337. The second-order valence-electron chi connectivity index (χ2n) is 5.25. The summed E-state index contributed by atoms with van der Waals surface area (Å²) < 4.78 is 0. The molecule has 3 rings (SSSR count). The van der Waals surface area contributed by atoms with Crippen molar-refractivity contribution in [3.63, 3.8) is 0 Å². The third kappa shape index (κ3) is 3.69. The number of nitrogens with one attached hydrogen (secondary N) is 2. The van der Waals surface area contributed by atoms with Crippen molar-refractivity contribution in [2.24, 2.45) is 0 Å². The number of rotatable bonds is 5. The van der Waals surface area contributed by atoms with Crippen molar-refractivity contribution >= 4 is 5.91 Å². The van der Waals surface area contributed by atoms with Crippen LogP contribution >= 0.6 is 0 Å². The predicted molar refractivity (Wildman–Crippen MR) is 84.6 cm³/mol. The van der Waals surface area contributed by atoms with Crippen molar-refractivity contribution in [1.29, 1.82) is 0 Å². The molecule has 0 aliphatic carbocycles. The third-order valence-electron chi connectivity index (χ3n) is 3.42. The maximum Gasteiger partial charge on any atom is 0.248 e. The van der Waals surface area contributed by atoms with Gasteiger partial charge in [-0.1, -0.05) is 12.1 Å². The van der Waals surface area contributed by atoms with E-state index in [2.05, 4.69) is 30.6 Å². The van der Waals surface area contributed by atoms with E-state index >= 15 is 0 Å². The molecule has 0 radical (unpaired) electrons. The summed E-state index contributed by atoms with van der Waals surface area (Å²) in [5.41, 5.74) is 1.86. The molecular formula is C15H15N7O2. The zero-order valence-electron chi connectivity index (χ0n) is 12.9. The Bertz CT molecular complexity index is 871. The highest BCUT2D eigenvalue weighted by molar-refractivity contribution is 5.78. The molecule has 0 saturated carbocycles. The van der Waals surface area contributed by atoms with Crippen LogP contribution in [-0.4, -0.2) is 48.4 Å². The Labute approximate surface area is 136 Å². The normalized spacial score (nSPS) is 10.5. The van der Waals surface area contributed by atoms with Crippen molar-refractivity contribution < 1.29 is 4.79 Å². The fourth-order valence-corrected chi connectivity index (χ4v) is 2.17. The van der Waals surface area contributed by atoms with Gasteiger partial charge in [-0.05, 0) is 22.9 Å². The van der Waals surface area contributed by atoms with Crippen LogP contribution in [0.25, 0.3) is 11.5 Å². The molecule has 3 aromatic heterocycles. The number of hydrogen-bond donors (Lipinski definition) is 2. The molecule has 9 heteroatoms. The zero-order chi connectivity index (χ0) is 16.9. The molecule has 0 bridgehead atoms. The standard InChI is InChI=1S/C15H15N7O2/c1-22(9-11-3-2-4-13(23)17-11)14(24)7-10-5-6-12(16-8-10)15-18-20-21-19-15/h2-6,8H,7,9H2,1H3,(H,17,23)(H,18,19,20,21). The highest BCUT2D eigenvalue weighted by atomic mass is 16.2. The number of amides is 1. The minimum Gasteiger partial charge on any atom is -0.340 e. The number of tetrazole rings is 1. The molecule has 0 aliphatic heterocycles. The quantitative estimate of drug-likeness (QED) is 0.689. The van der Waals surface area contributed by atoms with E-state index in [9.17, 15) is 9.59 Å². The second kappa shape index (κ2) is 6.82. The number of likely N-dealkylation sites (N-methyl/N-ethyl adjacent to an activating group) is 1. The van der Waals surface area contributed by atoms with Crippen molar-refractivity contribution in [3.05, 3.63) is 58.1 Å². The molecule has 122 valence electrons. The monoisotopic (exact) mass is 325 g/mol. The molecule has 3 heterocycles. The van der Waals surface area contributed by atoms with Crippen molar-refractivity contribution in [3.8, 4) is 11.5 Å². The van der Waals surface area contributed by atoms with Gasteiger partial charge in [-0.15, -0.1) is 10.2 Å². The van der Waals surface area contributed by atoms with Crippen LogP contribution in [0.2, 0.25) is 0 Å². The molecule has 0 aliphatic rings. The Morgan fingerprint density at radius 3 is 2.79 bits per heavy atom. The van der Waals surface area contributed by atoms with E-state index in [-0.39, 0.29) is 17.9 Å². The Morgan fingerprint density at radius 2 is 2.12 bits per heavy atom. The van der Waals surface area contributed by atoms with Crippen LogP contribution in [-0.2, 0) is 17.8 Å². The summed E-state index contributed by atoms with van der Waals surface area (Å²) in [5.74, 6) is 0.326. The number of aromatic amines is 2. The topological polar surface area (TPSA) is 121 Å². The van der Waals surface area contributed by atoms with Crippen LogP contribution < -0.4 is 5.56 Å². The molecule has 3 aromatic rings. The molecule has 2 N–H and O–H groups in total. The van der Waals surface area contributed by atoms with Crippen LogP contribution in [0.3, 0.4) is 0 Å². The Kier molecular flexibility index (Phi) is 4.41. The molecule has 0 atom stereocenters. The summed E-state index contributed by atoms with van der Waals surface area (Å²) in [6, 6.07) is 8.40. The first kappa shape index (κ1) is 15.5. The number of pyridine rings is 2. The lowest BCUT2D eigenvalue weighted by atomic mass is 10.1. The minimum absolute atomic E-state index is 0.0752. The molecule has 0 aromatic carbocycles. The van der Waals surface area contributed by atoms with Crippen molar-refractivity contribution in [1.82, 2.24) is 35.5 Å². The summed E-state index contributed by atoms with van der Waals surface area (Å²) in [7, 11) is 1.69. The Morgan fingerprint density at radius 1 is 1.25 bits per heavy atom. The number of carbonyl (C=O) groups excluding carboxylic acids is 1. The van der Waals surface area contributed by atoms with Crippen LogP contribution in [0, 0.1) is 0 Å². The number of aromatic nitrogens is 6. The van der Waals surface area contributed by atoms with Crippen LogP contribution in [0.1, 0.15) is 11.3 Å². The fourth-order valence-electron chi connectivity index (χ4n) is 2.17. The van der Waals surface area contributed by atoms with E-state index in [0.717, 1.165) is 5.56 Å². The molecule has 1 amide bonds. The lowest BCUT2D eigenvalue weighted by Crippen LogP contribution is -2.28. The van der Waals surface area contributed by atoms with E-state index in [0.29, 0.717) is 23.8 Å². The van der Waals surface area contributed by atoms with Crippen LogP contribution in [0.5, 0.6) is 0 Å². The highest BCUT2D eigenvalue weighted by Gasteiger charge is 2.12. The van der Waals surface area contributed by atoms with E-state index < -0.39 is 0 Å². The number of hydrogen-bond acceptors (Lipinski definition) is 6. The summed E-state index contributed by atoms with van der Waals surface area (Å²) in [4.78, 5) is 32.0. The number of H-pyrrole nitrogens is 2. The van der Waals surface area contributed by atoms with Gasteiger partial charge in [0.05, 0.1) is 13.0 Å². The van der Waals surface area contributed by atoms with Crippen molar-refractivity contribution in [2.45, 2.75) is 13.0 Å². The maximum absolute atomic E-state index is 12.3. The number of carbonyl (C=O) groups is 1. The average Bonchev–Trinajstić information content (AvgIpc) is 3.10. The molecule has 0 fully saturated rings. The zero-order valence-corrected chi connectivity index (χ0v) is 12.9. The third-order valence-corrected chi connectivity index (χ3v) is 3.42. The van der Waals surface area contributed by atoms with E-state index in [1.54, 1.807) is 42.4 Å². The second-order valence-corrected chi connectivity index (χ2v) is 5.25. The molecule has 24 heavy (non-hydrogen) atoms. The van der Waals surface area contributed by atoms with Crippen LogP contribution in [0.15, 0.2) is 41.3 Å². The average molecular weight is 325 g/mol. The molecular weight excluding hydrogens is 310 g/mol.